The topological polar surface area (TPSA) is 71.6 Å². The maximum absolute atomic E-state index is 13.1. The number of benzene rings is 1. The summed E-state index contributed by atoms with van der Waals surface area (Å²) < 4.78 is 27.4. The van der Waals surface area contributed by atoms with Crippen LogP contribution in [-0.2, 0) is 10.0 Å². The van der Waals surface area contributed by atoms with Gasteiger partial charge in [0.2, 0.25) is 5.69 Å². The van der Waals surface area contributed by atoms with Crippen molar-refractivity contribution in [2.24, 2.45) is 5.92 Å². The number of hydrogen-bond acceptors (Lipinski definition) is 5. The molecule has 0 radical (unpaired) electrons. The minimum atomic E-state index is -3.77. The Labute approximate surface area is 164 Å². The highest BCUT2D eigenvalue weighted by Gasteiger charge is 2.30. The lowest BCUT2D eigenvalue weighted by molar-refractivity contribution is 0.541. The van der Waals surface area contributed by atoms with Gasteiger partial charge in [-0.05, 0) is 30.7 Å². The van der Waals surface area contributed by atoms with Gasteiger partial charge in [-0.15, -0.1) is 0 Å². The number of anilines is 1. The molecule has 1 N–H and O–H groups in total. The highest BCUT2D eigenvalue weighted by molar-refractivity contribution is 7.90. The fraction of sp³-hybridized carbons (Fsp3) is 0.300. The molecule has 1 saturated heterocycles. The van der Waals surface area contributed by atoms with E-state index < -0.39 is 10.0 Å². The van der Waals surface area contributed by atoms with Crippen molar-refractivity contribution in [3.8, 4) is 0 Å². The molecule has 4 rings (SSSR count). The number of rotatable bonds is 4. The molecule has 2 atom stereocenters. The van der Waals surface area contributed by atoms with Crippen LogP contribution in [0.1, 0.15) is 6.92 Å². The number of nitrogens with zero attached hydrogens (tertiary/aromatic N) is 4. The maximum Gasteiger partial charge on any atom is 0.269 e. The molecule has 1 unspecified atom stereocenters. The van der Waals surface area contributed by atoms with Gasteiger partial charge in [0.1, 0.15) is 0 Å². The van der Waals surface area contributed by atoms with E-state index in [1.165, 1.54) is 16.4 Å². The molecule has 0 bridgehead atoms. The second-order valence-electron chi connectivity index (χ2n) is 7.08. The number of pyridine rings is 1. The average molecular weight is 395 g/mol. The van der Waals surface area contributed by atoms with Gasteiger partial charge in [0.15, 0.2) is 5.65 Å². The molecule has 7 nitrogen and oxygen atoms in total. The Morgan fingerprint density at radius 3 is 2.64 bits per heavy atom. The Bertz CT molecular complexity index is 1160. The number of aromatic nitrogens is 2. The van der Waals surface area contributed by atoms with Crippen molar-refractivity contribution in [1.82, 2.24) is 14.3 Å². The third-order valence-electron chi connectivity index (χ3n) is 5.38. The van der Waals surface area contributed by atoms with Crippen molar-refractivity contribution in [3.63, 3.8) is 0 Å². The minimum absolute atomic E-state index is 0.201. The fourth-order valence-electron chi connectivity index (χ4n) is 3.87. The monoisotopic (exact) mass is 395 g/mol. The first-order chi connectivity index (χ1) is 13.4. The van der Waals surface area contributed by atoms with Crippen LogP contribution < -0.4 is 10.2 Å². The van der Waals surface area contributed by atoms with Crippen LogP contribution in [0.15, 0.2) is 53.7 Å². The highest BCUT2D eigenvalue weighted by Crippen LogP contribution is 2.38. The van der Waals surface area contributed by atoms with Crippen LogP contribution in [0.4, 0.5) is 11.4 Å². The SMILES string of the molecule is [C-]#[N+]c1cnc2c(ccn2S(=O)(=O)c2ccccc2)c1N(C)C1CNC[C@H]1C. The van der Waals surface area contributed by atoms with Crippen molar-refractivity contribution < 1.29 is 8.42 Å². The second-order valence-corrected chi connectivity index (χ2v) is 8.90. The summed E-state index contributed by atoms with van der Waals surface area (Å²) in [4.78, 5) is 10.2. The van der Waals surface area contributed by atoms with Gasteiger partial charge < -0.3 is 10.2 Å². The van der Waals surface area contributed by atoms with Crippen LogP contribution in [0.3, 0.4) is 0 Å². The molecule has 0 aliphatic carbocycles. The molecule has 3 heterocycles. The summed E-state index contributed by atoms with van der Waals surface area (Å²) in [6.07, 6.45) is 2.98. The van der Waals surface area contributed by atoms with Crippen molar-refractivity contribution in [3.05, 3.63) is 60.2 Å². The predicted octanol–water partition coefficient (Wildman–Crippen LogP) is 2.87. The molecule has 3 aromatic rings. The van der Waals surface area contributed by atoms with Crippen molar-refractivity contribution in [1.29, 1.82) is 0 Å². The number of likely N-dealkylation sites (N-methyl/N-ethyl adjacent to an activating group) is 1. The standard InChI is InChI=1S/C20H21N5O2S/c1-14-11-22-13-18(14)24(3)19-16-9-10-25(20(16)23-12-17(19)21-2)28(26,27)15-7-5-4-6-8-15/h4-10,12,14,18,22H,11,13H2,1,3H3/t14-,18?/m1/s1. The fourth-order valence-corrected chi connectivity index (χ4v) is 5.19. The van der Waals surface area contributed by atoms with E-state index in [1.54, 1.807) is 36.4 Å². The largest absolute Gasteiger partial charge is 0.378 e. The summed E-state index contributed by atoms with van der Waals surface area (Å²) in [6, 6.07) is 10.2. The Morgan fingerprint density at radius 2 is 2.00 bits per heavy atom. The zero-order valence-corrected chi connectivity index (χ0v) is 16.5. The molecule has 144 valence electrons. The van der Waals surface area contributed by atoms with Crippen LogP contribution >= 0.6 is 0 Å². The molecule has 1 aromatic carbocycles. The molecule has 1 aliphatic heterocycles. The number of fused-ring (bicyclic) bond motifs is 1. The van der Waals surface area contributed by atoms with E-state index in [4.69, 9.17) is 6.57 Å². The van der Waals surface area contributed by atoms with Gasteiger partial charge in [0.25, 0.3) is 10.0 Å². The lowest BCUT2D eigenvalue weighted by Gasteiger charge is -2.30. The minimum Gasteiger partial charge on any atom is -0.378 e. The number of hydrogen-bond donors (Lipinski definition) is 1. The average Bonchev–Trinajstić information content (AvgIpc) is 3.33. The van der Waals surface area contributed by atoms with E-state index in [9.17, 15) is 8.42 Å². The molecule has 2 aromatic heterocycles. The first-order valence-electron chi connectivity index (χ1n) is 9.07. The van der Waals surface area contributed by atoms with Crippen LogP contribution in [0.2, 0.25) is 0 Å². The molecule has 0 amide bonds. The molecule has 0 saturated carbocycles. The summed E-state index contributed by atoms with van der Waals surface area (Å²) in [7, 11) is -1.81. The number of nitrogens with one attached hydrogen (secondary N) is 1. The molecule has 1 fully saturated rings. The lowest BCUT2D eigenvalue weighted by atomic mass is 10.0. The molecular weight excluding hydrogens is 374 g/mol. The zero-order valence-electron chi connectivity index (χ0n) is 15.7. The van der Waals surface area contributed by atoms with Crippen LogP contribution in [0.25, 0.3) is 15.9 Å². The van der Waals surface area contributed by atoms with Gasteiger partial charge in [-0.25, -0.2) is 22.2 Å². The Balaban J connectivity index is 1.90. The van der Waals surface area contributed by atoms with Crippen molar-refractivity contribution in [2.45, 2.75) is 17.9 Å². The summed E-state index contributed by atoms with van der Waals surface area (Å²) in [5, 5.41) is 4.04. The summed E-state index contributed by atoms with van der Waals surface area (Å²) in [5.41, 5.74) is 1.48. The van der Waals surface area contributed by atoms with Gasteiger partial charge in [-0.1, -0.05) is 25.1 Å². The summed E-state index contributed by atoms with van der Waals surface area (Å²) in [5.74, 6) is 0.418. The maximum atomic E-state index is 13.1. The Morgan fingerprint density at radius 1 is 1.25 bits per heavy atom. The van der Waals surface area contributed by atoms with E-state index in [1.807, 2.05) is 7.05 Å². The third kappa shape index (κ3) is 2.84. The molecule has 28 heavy (non-hydrogen) atoms. The highest BCUT2D eigenvalue weighted by atomic mass is 32.2. The normalized spacial score (nSPS) is 19.6. The van der Waals surface area contributed by atoms with Crippen LogP contribution in [0.5, 0.6) is 0 Å². The smallest absolute Gasteiger partial charge is 0.269 e. The lowest BCUT2D eigenvalue weighted by Crippen LogP contribution is -2.37. The molecule has 0 spiro atoms. The van der Waals surface area contributed by atoms with Crippen LogP contribution in [-0.4, -0.2) is 43.6 Å². The van der Waals surface area contributed by atoms with Gasteiger partial charge in [0.05, 0.1) is 17.2 Å². The first-order valence-corrected chi connectivity index (χ1v) is 10.5. The first kappa shape index (κ1) is 18.5. The molecule has 8 heteroatoms. The molecular formula is C20H21N5O2S. The Hall–Kier alpha value is -2.89. The van der Waals surface area contributed by atoms with E-state index in [-0.39, 0.29) is 10.9 Å². The summed E-state index contributed by atoms with van der Waals surface area (Å²) in [6.45, 7) is 11.5. The predicted molar refractivity (Wildman–Crippen MR) is 109 cm³/mol. The third-order valence-corrected chi connectivity index (χ3v) is 7.06. The van der Waals surface area contributed by atoms with E-state index in [0.717, 1.165) is 18.8 Å². The zero-order chi connectivity index (χ0) is 19.9. The molecule has 1 aliphatic rings. The van der Waals surface area contributed by atoms with Crippen molar-refractivity contribution in [2.75, 3.05) is 25.0 Å². The van der Waals surface area contributed by atoms with Crippen LogP contribution in [0, 0.1) is 12.5 Å². The van der Waals surface area contributed by atoms with Gasteiger partial charge in [-0.3, -0.25) is 0 Å². The van der Waals surface area contributed by atoms with E-state index in [2.05, 4.69) is 27.0 Å². The van der Waals surface area contributed by atoms with Gasteiger partial charge in [0, 0.05) is 37.4 Å². The summed E-state index contributed by atoms with van der Waals surface area (Å²) >= 11 is 0. The van der Waals surface area contributed by atoms with Crippen molar-refractivity contribution >= 4 is 32.4 Å². The van der Waals surface area contributed by atoms with Gasteiger partial charge >= 0.3 is 0 Å². The Kier molecular flexibility index (Phi) is 4.57. The van der Waals surface area contributed by atoms with E-state index in [0.29, 0.717) is 22.6 Å². The second kappa shape index (κ2) is 6.93. The van der Waals surface area contributed by atoms with E-state index >= 15 is 0 Å². The quantitative estimate of drug-likeness (QED) is 0.688. The van der Waals surface area contributed by atoms with Gasteiger partial charge in [-0.2, -0.15) is 0 Å².